The average molecular weight is 474 g/mol. The van der Waals surface area contributed by atoms with Gasteiger partial charge in [0.05, 0.1) is 18.2 Å². The molecule has 5 aromatic rings. The largest absolute Gasteiger partial charge is 0.481 e. The third-order valence-electron chi connectivity index (χ3n) is 5.21. The highest BCUT2D eigenvalue weighted by atomic mass is 16.5. The van der Waals surface area contributed by atoms with Crippen molar-refractivity contribution in [2.75, 3.05) is 7.11 Å². The number of hydrogen-bond acceptors (Lipinski definition) is 6. The summed E-state index contributed by atoms with van der Waals surface area (Å²) in [7, 11) is 1.58. The van der Waals surface area contributed by atoms with E-state index < -0.39 is 0 Å². The van der Waals surface area contributed by atoms with E-state index in [4.69, 9.17) is 20.2 Å². The fraction of sp³-hybridized carbons (Fsp3) is 0.100. The molecule has 0 saturated carbocycles. The molecule has 0 aliphatic carbocycles. The molecule has 36 heavy (non-hydrogen) atoms. The van der Waals surface area contributed by atoms with Gasteiger partial charge in [-0.25, -0.2) is 4.98 Å². The van der Waals surface area contributed by atoms with Crippen LogP contribution in [0.5, 0.6) is 5.88 Å². The van der Waals surface area contributed by atoms with Crippen molar-refractivity contribution in [3.8, 4) is 52.6 Å². The molecule has 6 heteroatoms. The predicted molar refractivity (Wildman–Crippen MR) is 138 cm³/mol. The Morgan fingerprint density at radius 2 is 1.25 bits per heavy atom. The Morgan fingerprint density at radius 1 is 0.694 bits per heavy atom. The predicted octanol–water partition coefficient (Wildman–Crippen LogP) is 6.08. The Kier molecular flexibility index (Phi) is 7.60. The van der Waals surface area contributed by atoms with Gasteiger partial charge in [0.2, 0.25) is 5.88 Å². The van der Waals surface area contributed by atoms with Gasteiger partial charge in [-0.1, -0.05) is 88.9 Å². The molecule has 3 aromatic heterocycles. The number of pyridine rings is 1. The molecule has 176 valence electrons. The molecule has 0 bridgehead atoms. The monoisotopic (exact) mass is 473 g/mol. The van der Waals surface area contributed by atoms with Crippen LogP contribution in [0.2, 0.25) is 0 Å². The maximum atomic E-state index is 5.38. The first kappa shape index (κ1) is 24.1. The Bertz CT molecular complexity index is 1550. The molecule has 0 radical (unpaired) electrons. The Labute approximate surface area is 209 Å². The van der Waals surface area contributed by atoms with Crippen molar-refractivity contribution in [2.45, 2.75) is 13.8 Å². The van der Waals surface area contributed by atoms with Gasteiger partial charge < -0.3 is 13.8 Å². The van der Waals surface area contributed by atoms with Crippen molar-refractivity contribution in [2.24, 2.45) is 0 Å². The van der Waals surface area contributed by atoms with Gasteiger partial charge >= 0.3 is 0 Å². The van der Waals surface area contributed by atoms with E-state index in [0.717, 1.165) is 33.6 Å². The van der Waals surface area contributed by atoms with Crippen LogP contribution < -0.4 is 4.74 Å². The van der Waals surface area contributed by atoms with Crippen LogP contribution >= 0.6 is 0 Å². The van der Waals surface area contributed by atoms with Crippen molar-refractivity contribution < 1.29 is 13.8 Å². The Balaban J connectivity index is 0.000000187. The van der Waals surface area contributed by atoms with E-state index in [9.17, 15) is 0 Å². The van der Waals surface area contributed by atoms with Gasteiger partial charge in [-0.3, -0.25) is 0 Å². The van der Waals surface area contributed by atoms with Gasteiger partial charge in [-0.15, -0.1) is 6.42 Å². The summed E-state index contributed by atoms with van der Waals surface area (Å²) in [5.74, 6) is 10.6. The molecule has 0 amide bonds. The van der Waals surface area contributed by atoms with Gasteiger partial charge in [-0.2, -0.15) is 0 Å². The number of nitrogens with zero attached hydrogens (tertiary/aromatic N) is 3. The van der Waals surface area contributed by atoms with E-state index in [0.29, 0.717) is 23.1 Å². The minimum absolute atomic E-state index is 0.539. The molecule has 3 heterocycles. The average Bonchev–Trinajstić information content (AvgIpc) is 3.50. The minimum Gasteiger partial charge on any atom is -0.481 e. The standard InChI is InChI=1S/C18H14N2O2.C12H9NO/c1-13-16(12-11-15-9-6-10-17(19-15)21-2)18(20-22-13)14-7-4-3-5-8-14;1-3-11-9(2)14-13-12(11)10-7-5-4-6-8-10/h3-10H,1-2H3;1,4-8H,2H3. The number of aromatic nitrogens is 3. The summed E-state index contributed by atoms with van der Waals surface area (Å²) in [5, 5.41) is 8.05. The molecular formula is C30H23N3O3. The van der Waals surface area contributed by atoms with Crippen LogP contribution in [0.25, 0.3) is 22.5 Å². The van der Waals surface area contributed by atoms with Gasteiger partial charge in [0, 0.05) is 17.2 Å². The van der Waals surface area contributed by atoms with E-state index in [1.54, 1.807) is 13.2 Å². The van der Waals surface area contributed by atoms with Gasteiger partial charge in [0.15, 0.2) is 0 Å². The van der Waals surface area contributed by atoms with Crippen LogP contribution in [-0.2, 0) is 0 Å². The molecule has 0 spiro atoms. The summed E-state index contributed by atoms with van der Waals surface area (Å²) in [6, 6.07) is 25.1. The zero-order valence-electron chi connectivity index (χ0n) is 20.1. The molecule has 0 N–H and O–H groups in total. The minimum atomic E-state index is 0.539. The summed E-state index contributed by atoms with van der Waals surface area (Å²) < 4.78 is 15.4. The molecule has 0 aliphatic rings. The summed E-state index contributed by atoms with van der Waals surface area (Å²) in [6.45, 7) is 3.66. The number of terminal acetylenes is 1. The van der Waals surface area contributed by atoms with Crippen LogP contribution in [0.15, 0.2) is 87.9 Å². The third-order valence-corrected chi connectivity index (χ3v) is 5.21. The van der Waals surface area contributed by atoms with Crippen LogP contribution in [-0.4, -0.2) is 22.4 Å². The maximum absolute atomic E-state index is 5.38. The second-order valence-electron chi connectivity index (χ2n) is 7.62. The van der Waals surface area contributed by atoms with E-state index in [-0.39, 0.29) is 0 Å². The number of ether oxygens (including phenoxy) is 1. The van der Waals surface area contributed by atoms with E-state index in [2.05, 4.69) is 33.1 Å². The van der Waals surface area contributed by atoms with Crippen LogP contribution in [0, 0.1) is 38.0 Å². The van der Waals surface area contributed by atoms with Crippen LogP contribution in [0.4, 0.5) is 0 Å². The fourth-order valence-electron chi connectivity index (χ4n) is 3.37. The molecule has 0 fully saturated rings. The molecule has 5 rings (SSSR count). The van der Waals surface area contributed by atoms with Gasteiger partial charge in [-0.05, 0) is 25.8 Å². The lowest BCUT2D eigenvalue weighted by molar-refractivity contribution is 0.397. The second kappa shape index (κ2) is 11.4. The zero-order valence-corrected chi connectivity index (χ0v) is 20.1. The van der Waals surface area contributed by atoms with Crippen LogP contribution in [0.1, 0.15) is 28.3 Å². The number of benzene rings is 2. The molecule has 2 aromatic carbocycles. The van der Waals surface area contributed by atoms with Crippen molar-refractivity contribution >= 4 is 0 Å². The number of methoxy groups -OCH3 is 1. The summed E-state index contributed by atoms with van der Waals surface area (Å²) in [5.41, 5.74) is 5.59. The number of hydrogen-bond donors (Lipinski definition) is 0. The number of rotatable bonds is 3. The first-order valence-electron chi connectivity index (χ1n) is 11.1. The highest BCUT2D eigenvalue weighted by Crippen LogP contribution is 2.25. The molecule has 0 saturated heterocycles. The lowest BCUT2D eigenvalue weighted by Gasteiger charge is -1.97. The molecule has 0 unspecified atom stereocenters. The summed E-state index contributed by atoms with van der Waals surface area (Å²) in [6.07, 6.45) is 5.38. The first-order chi connectivity index (χ1) is 17.6. The van der Waals surface area contributed by atoms with Crippen molar-refractivity contribution in [3.05, 3.63) is 107 Å². The summed E-state index contributed by atoms with van der Waals surface area (Å²) >= 11 is 0. The molecule has 6 nitrogen and oxygen atoms in total. The van der Waals surface area contributed by atoms with Gasteiger partial charge in [0.1, 0.15) is 28.6 Å². The highest BCUT2D eigenvalue weighted by molar-refractivity contribution is 5.68. The van der Waals surface area contributed by atoms with Crippen LogP contribution in [0.3, 0.4) is 0 Å². The second-order valence-corrected chi connectivity index (χ2v) is 7.62. The van der Waals surface area contributed by atoms with E-state index in [1.807, 2.05) is 86.6 Å². The van der Waals surface area contributed by atoms with Gasteiger partial charge in [0.25, 0.3) is 0 Å². The lowest BCUT2D eigenvalue weighted by Crippen LogP contribution is -1.89. The third kappa shape index (κ3) is 5.52. The Morgan fingerprint density at radius 3 is 1.81 bits per heavy atom. The Hall–Kier alpha value is -5.07. The van der Waals surface area contributed by atoms with Crippen molar-refractivity contribution in [1.82, 2.24) is 15.3 Å². The fourth-order valence-corrected chi connectivity index (χ4v) is 3.37. The quantitative estimate of drug-likeness (QED) is 0.296. The van der Waals surface area contributed by atoms with Crippen molar-refractivity contribution in [3.63, 3.8) is 0 Å². The lowest BCUT2D eigenvalue weighted by atomic mass is 10.1. The smallest absolute Gasteiger partial charge is 0.214 e. The van der Waals surface area contributed by atoms with Crippen molar-refractivity contribution in [1.29, 1.82) is 0 Å². The first-order valence-corrected chi connectivity index (χ1v) is 11.1. The zero-order chi connectivity index (χ0) is 25.3. The topological polar surface area (TPSA) is 74.2 Å². The molecule has 0 aliphatic heterocycles. The molecular weight excluding hydrogens is 450 g/mol. The van der Waals surface area contributed by atoms with E-state index in [1.165, 1.54) is 0 Å². The molecule has 0 atom stereocenters. The SMILES string of the molecule is C#Cc1c(-c2ccccc2)noc1C.COc1cccc(C#Cc2c(-c3ccccc3)noc2C)n1. The van der Waals surface area contributed by atoms with E-state index >= 15 is 0 Å². The maximum Gasteiger partial charge on any atom is 0.214 e. The normalized spacial score (nSPS) is 9.83. The highest BCUT2D eigenvalue weighted by Gasteiger charge is 2.13. The summed E-state index contributed by atoms with van der Waals surface area (Å²) in [4.78, 5) is 4.28. The number of aryl methyl sites for hydroxylation is 2.